The molecule has 0 amide bonds. The minimum Gasteiger partial charge on any atom is -0.260 e. The highest BCUT2D eigenvalue weighted by molar-refractivity contribution is 5.45. The number of nitro benzene ring substituents is 1. The fourth-order valence-corrected chi connectivity index (χ4v) is 1.35. The van der Waals surface area contributed by atoms with Gasteiger partial charge in [0, 0.05) is 35.2 Å². The molecule has 1 aromatic carbocycles. The molecule has 4 nitrogen and oxygen atoms in total. The lowest BCUT2D eigenvalue weighted by atomic mass is 10.2. The first kappa shape index (κ1) is 11.8. The number of nitrogens with zero attached hydrogens (tertiary/aromatic N) is 2. The second-order valence-electron chi connectivity index (χ2n) is 3.74. The van der Waals surface area contributed by atoms with E-state index in [1.165, 1.54) is 12.1 Å². The largest absolute Gasteiger partial charge is 0.269 e. The third kappa shape index (κ3) is 2.92. The minimum atomic E-state index is -0.429. The molecular formula is C14H10N2O2. The quantitative estimate of drug-likeness (QED) is 0.436. The topological polar surface area (TPSA) is 56.0 Å². The average molecular weight is 238 g/mol. The molecule has 4 heteroatoms. The Balaban J connectivity index is 2.19. The number of rotatable bonds is 1. The highest BCUT2D eigenvalue weighted by Gasteiger charge is 2.02. The van der Waals surface area contributed by atoms with Gasteiger partial charge in [-0.3, -0.25) is 15.1 Å². The summed E-state index contributed by atoms with van der Waals surface area (Å²) in [6.07, 6.45) is 1.70. The molecule has 0 unspecified atom stereocenters. The SMILES string of the molecule is Cc1ccc(C#Cc2ccc([N+](=O)[O-])cc2)cn1. The molecule has 0 N–H and O–H groups in total. The van der Waals surface area contributed by atoms with Crippen LogP contribution in [0.3, 0.4) is 0 Å². The van der Waals surface area contributed by atoms with Crippen molar-refractivity contribution >= 4 is 5.69 Å². The van der Waals surface area contributed by atoms with Crippen molar-refractivity contribution in [1.29, 1.82) is 0 Å². The molecule has 1 heterocycles. The second-order valence-corrected chi connectivity index (χ2v) is 3.74. The zero-order valence-corrected chi connectivity index (χ0v) is 9.75. The van der Waals surface area contributed by atoms with Crippen LogP contribution < -0.4 is 0 Å². The molecule has 0 aliphatic heterocycles. The first-order valence-electron chi connectivity index (χ1n) is 5.34. The van der Waals surface area contributed by atoms with Crippen molar-refractivity contribution in [2.45, 2.75) is 6.92 Å². The highest BCUT2D eigenvalue weighted by atomic mass is 16.6. The molecule has 0 fully saturated rings. The van der Waals surface area contributed by atoms with Crippen LogP contribution in [0.5, 0.6) is 0 Å². The van der Waals surface area contributed by atoms with E-state index in [2.05, 4.69) is 16.8 Å². The van der Waals surface area contributed by atoms with Crippen molar-refractivity contribution in [3.05, 3.63) is 69.5 Å². The smallest absolute Gasteiger partial charge is 0.260 e. The number of benzene rings is 1. The zero-order chi connectivity index (χ0) is 13.0. The van der Waals surface area contributed by atoms with E-state index in [4.69, 9.17) is 0 Å². The molecule has 1 aromatic heterocycles. The van der Waals surface area contributed by atoms with Crippen molar-refractivity contribution in [3.63, 3.8) is 0 Å². The van der Waals surface area contributed by atoms with Crippen molar-refractivity contribution < 1.29 is 4.92 Å². The summed E-state index contributed by atoms with van der Waals surface area (Å²) in [4.78, 5) is 14.2. The van der Waals surface area contributed by atoms with Gasteiger partial charge in [0.1, 0.15) is 0 Å². The van der Waals surface area contributed by atoms with Gasteiger partial charge < -0.3 is 0 Å². The first-order chi connectivity index (χ1) is 8.65. The Hall–Kier alpha value is -2.67. The summed E-state index contributed by atoms with van der Waals surface area (Å²) in [5, 5.41) is 10.5. The van der Waals surface area contributed by atoms with Crippen LogP contribution in [0, 0.1) is 28.9 Å². The first-order valence-corrected chi connectivity index (χ1v) is 5.34. The Bertz CT molecular complexity index is 620. The van der Waals surface area contributed by atoms with Crippen LogP contribution in [0.2, 0.25) is 0 Å². The highest BCUT2D eigenvalue weighted by Crippen LogP contribution is 2.11. The maximum absolute atomic E-state index is 10.5. The summed E-state index contributed by atoms with van der Waals surface area (Å²) in [6, 6.07) is 9.93. The standard InChI is InChI=1S/C14H10N2O2/c1-11-2-3-13(10-15-11)5-4-12-6-8-14(9-7-12)16(17)18/h2-3,6-10H,1H3. The number of hydrogen-bond acceptors (Lipinski definition) is 3. The van der Waals surface area contributed by atoms with Crippen molar-refractivity contribution in [2.75, 3.05) is 0 Å². The van der Waals surface area contributed by atoms with E-state index in [1.54, 1.807) is 18.3 Å². The summed E-state index contributed by atoms with van der Waals surface area (Å²) in [5.74, 6) is 5.89. The minimum absolute atomic E-state index is 0.0672. The molecule has 0 spiro atoms. The third-order valence-corrected chi connectivity index (χ3v) is 2.34. The molecule has 0 radical (unpaired) electrons. The van der Waals surface area contributed by atoms with E-state index >= 15 is 0 Å². The predicted molar refractivity (Wildman–Crippen MR) is 68.1 cm³/mol. The van der Waals surface area contributed by atoms with Gasteiger partial charge in [-0.15, -0.1) is 0 Å². The summed E-state index contributed by atoms with van der Waals surface area (Å²) >= 11 is 0. The zero-order valence-electron chi connectivity index (χ0n) is 9.75. The summed E-state index contributed by atoms with van der Waals surface area (Å²) in [6.45, 7) is 1.91. The molecule has 0 aliphatic rings. The predicted octanol–water partition coefficient (Wildman–Crippen LogP) is 2.70. The van der Waals surface area contributed by atoms with Crippen LogP contribution in [-0.4, -0.2) is 9.91 Å². The molecule has 0 atom stereocenters. The molecule has 88 valence electrons. The van der Waals surface area contributed by atoms with Gasteiger partial charge in [0.2, 0.25) is 0 Å². The molecule has 0 saturated carbocycles. The number of hydrogen-bond donors (Lipinski definition) is 0. The van der Waals surface area contributed by atoms with E-state index in [0.29, 0.717) is 0 Å². The fraction of sp³-hybridized carbons (Fsp3) is 0.0714. The van der Waals surface area contributed by atoms with Crippen LogP contribution >= 0.6 is 0 Å². The van der Waals surface area contributed by atoms with E-state index in [9.17, 15) is 10.1 Å². The van der Waals surface area contributed by atoms with Gasteiger partial charge in [0.05, 0.1) is 4.92 Å². The molecular weight excluding hydrogens is 228 g/mol. The number of aromatic nitrogens is 1. The number of pyridine rings is 1. The lowest BCUT2D eigenvalue weighted by Crippen LogP contribution is -1.87. The molecule has 2 aromatic rings. The van der Waals surface area contributed by atoms with Crippen LogP contribution in [0.15, 0.2) is 42.6 Å². The van der Waals surface area contributed by atoms with Crippen molar-refractivity contribution in [2.24, 2.45) is 0 Å². The van der Waals surface area contributed by atoms with Gasteiger partial charge in [-0.2, -0.15) is 0 Å². The average Bonchev–Trinajstić information content (AvgIpc) is 2.38. The van der Waals surface area contributed by atoms with Crippen LogP contribution in [0.1, 0.15) is 16.8 Å². The lowest BCUT2D eigenvalue weighted by Gasteiger charge is -1.92. The summed E-state index contributed by atoms with van der Waals surface area (Å²) in [5.41, 5.74) is 2.56. The Morgan fingerprint density at radius 1 is 1.06 bits per heavy atom. The molecule has 18 heavy (non-hydrogen) atoms. The molecule has 2 rings (SSSR count). The molecule has 0 aliphatic carbocycles. The van der Waals surface area contributed by atoms with E-state index in [1.807, 2.05) is 19.1 Å². The van der Waals surface area contributed by atoms with Crippen LogP contribution in [-0.2, 0) is 0 Å². The van der Waals surface area contributed by atoms with Crippen LogP contribution in [0.4, 0.5) is 5.69 Å². The van der Waals surface area contributed by atoms with Gasteiger partial charge in [0.25, 0.3) is 5.69 Å². The monoisotopic (exact) mass is 238 g/mol. The number of nitro groups is 1. The number of non-ortho nitro benzene ring substituents is 1. The van der Waals surface area contributed by atoms with E-state index < -0.39 is 4.92 Å². The fourth-order valence-electron chi connectivity index (χ4n) is 1.35. The Labute approximate surface area is 104 Å². The van der Waals surface area contributed by atoms with Gasteiger partial charge in [-0.25, -0.2) is 0 Å². The Morgan fingerprint density at radius 3 is 2.22 bits per heavy atom. The van der Waals surface area contributed by atoms with E-state index in [-0.39, 0.29) is 5.69 Å². The van der Waals surface area contributed by atoms with Crippen molar-refractivity contribution in [1.82, 2.24) is 4.98 Å². The summed E-state index contributed by atoms with van der Waals surface area (Å²) in [7, 11) is 0. The molecule has 0 saturated heterocycles. The second kappa shape index (κ2) is 5.11. The van der Waals surface area contributed by atoms with Gasteiger partial charge in [0.15, 0.2) is 0 Å². The lowest BCUT2D eigenvalue weighted by molar-refractivity contribution is -0.384. The Morgan fingerprint density at radius 2 is 1.67 bits per heavy atom. The van der Waals surface area contributed by atoms with Gasteiger partial charge in [-0.05, 0) is 31.2 Å². The summed E-state index contributed by atoms with van der Waals surface area (Å²) < 4.78 is 0. The Kier molecular flexibility index (Phi) is 3.35. The van der Waals surface area contributed by atoms with Gasteiger partial charge in [-0.1, -0.05) is 11.8 Å². The van der Waals surface area contributed by atoms with Crippen LogP contribution in [0.25, 0.3) is 0 Å². The molecule has 0 bridgehead atoms. The van der Waals surface area contributed by atoms with E-state index in [0.717, 1.165) is 16.8 Å². The normalized spacial score (nSPS) is 9.39. The maximum atomic E-state index is 10.5. The maximum Gasteiger partial charge on any atom is 0.269 e. The van der Waals surface area contributed by atoms with Crippen molar-refractivity contribution in [3.8, 4) is 11.8 Å². The van der Waals surface area contributed by atoms with Gasteiger partial charge >= 0.3 is 0 Å². The number of aryl methyl sites for hydroxylation is 1. The third-order valence-electron chi connectivity index (χ3n) is 2.34.